The second kappa shape index (κ2) is 4.31. The standard InChI is InChI=1S/C13H17NO3S/c1-9(2)14-10(8-18(3,16)17)7-11-12(14)5-4-6-13(11)15/h4-7,9,15H,8H2,1-3H3. The summed E-state index contributed by atoms with van der Waals surface area (Å²) in [5.74, 6) is 0.168. The van der Waals surface area contributed by atoms with Gasteiger partial charge in [0, 0.05) is 23.4 Å². The number of hydrogen-bond acceptors (Lipinski definition) is 3. The normalized spacial score (nSPS) is 12.4. The number of sulfone groups is 1. The molecule has 0 spiro atoms. The van der Waals surface area contributed by atoms with E-state index in [4.69, 9.17) is 0 Å². The van der Waals surface area contributed by atoms with Crippen molar-refractivity contribution in [1.29, 1.82) is 0 Å². The van der Waals surface area contributed by atoms with Crippen LogP contribution in [0, 0.1) is 0 Å². The largest absolute Gasteiger partial charge is 0.507 e. The highest BCUT2D eigenvalue weighted by Crippen LogP contribution is 2.31. The van der Waals surface area contributed by atoms with Crippen molar-refractivity contribution in [1.82, 2.24) is 4.57 Å². The Kier molecular flexibility index (Phi) is 3.11. The first-order chi connectivity index (χ1) is 8.29. The van der Waals surface area contributed by atoms with E-state index < -0.39 is 9.84 Å². The van der Waals surface area contributed by atoms with E-state index in [9.17, 15) is 13.5 Å². The molecule has 0 radical (unpaired) electrons. The predicted octanol–water partition coefficient (Wildman–Crippen LogP) is 2.47. The Morgan fingerprint density at radius 1 is 1.33 bits per heavy atom. The molecule has 18 heavy (non-hydrogen) atoms. The first-order valence-corrected chi connectivity index (χ1v) is 7.85. The van der Waals surface area contributed by atoms with Crippen LogP contribution in [0.15, 0.2) is 24.3 Å². The van der Waals surface area contributed by atoms with Gasteiger partial charge in [0.2, 0.25) is 0 Å². The van der Waals surface area contributed by atoms with Gasteiger partial charge in [0.25, 0.3) is 0 Å². The van der Waals surface area contributed by atoms with E-state index in [2.05, 4.69) is 0 Å². The number of fused-ring (bicyclic) bond motifs is 1. The third-order valence-electron chi connectivity index (χ3n) is 2.87. The van der Waals surface area contributed by atoms with Crippen LogP contribution in [0.2, 0.25) is 0 Å². The van der Waals surface area contributed by atoms with E-state index in [0.29, 0.717) is 11.1 Å². The van der Waals surface area contributed by atoms with Gasteiger partial charge in [0.15, 0.2) is 9.84 Å². The third kappa shape index (κ3) is 2.36. The van der Waals surface area contributed by atoms with Crippen LogP contribution in [0.25, 0.3) is 10.9 Å². The van der Waals surface area contributed by atoms with Crippen molar-refractivity contribution < 1.29 is 13.5 Å². The molecule has 98 valence electrons. The zero-order valence-electron chi connectivity index (χ0n) is 10.7. The summed E-state index contributed by atoms with van der Waals surface area (Å²) >= 11 is 0. The molecule has 0 aliphatic rings. The van der Waals surface area contributed by atoms with Crippen LogP contribution < -0.4 is 0 Å². The Morgan fingerprint density at radius 3 is 2.56 bits per heavy atom. The molecule has 0 fully saturated rings. The summed E-state index contributed by atoms with van der Waals surface area (Å²) in [5.41, 5.74) is 1.58. The van der Waals surface area contributed by atoms with Crippen molar-refractivity contribution in [3.8, 4) is 5.75 Å². The molecule has 1 aromatic heterocycles. The van der Waals surface area contributed by atoms with E-state index in [1.165, 1.54) is 6.26 Å². The van der Waals surface area contributed by atoms with Crippen molar-refractivity contribution in [3.05, 3.63) is 30.0 Å². The Labute approximate surface area is 107 Å². The second-order valence-corrected chi connectivity index (χ2v) is 7.02. The Bertz CT molecular complexity index is 684. The Hall–Kier alpha value is -1.49. The summed E-state index contributed by atoms with van der Waals surface area (Å²) in [6, 6.07) is 7.16. The molecule has 0 saturated carbocycles. The molecule has 0 saturated heterocycles. The maximum Gasteiger partial charge on any atom is 0.153 e. The van der Waals surface area contributed by atoms with Gasteiger partial charge in [0.05, 0.1) is 11.3 Å². The zero-order valence-corrected chi connectivity index (χ0v) is 11.5. The van der Waals surface area contributed by atoms with Gasteiger partial charge in [-0.25, -0.2) is 8.42 Å². The fourth-order valence-electron chi connectivity index (χ4n) is 2.28. The summed E-state index contributed by atoms with van der Waals surface area (Å²) in [6.45, 7) is 3.99. The summed E-state index contributed by atoms with van der Waals surface area (Å²) in [4.78, 5) is 0. The first-order valence-electron chi connectivity index (χ1n) is 5.79. The maximum absolute atomic E-state index is 11.5. The lowest BCUT2D eigenvalue weighted by Crippen LogP contribution is -2.09. The van der Waals surface area contributed by atoms with Gasteiger partial charge in [-0.1, -0.05) is 6.07 Å². The molecule has 4 nitrogen and oxygen atoms in total. The molecule has 0 unspecified atom stereocenters. The minimum Gasteiger partial charge on any atom is -0.507 e. The number of nitrogens with zero attached hydrogens (tertiary/aromatic N) is 1. The van der Waals surface area contributed by atoms with Crippen LogP contribution in [0.1, 0.15) is 25.6 Å². The Balaban J connectivity index is 2.73. The van der Waals surface area contributed by atoms with Gasteiger partial charge in [-0.05, 0) is 32.0 Å². The number of rotatable bonds is 3. The minimum atomic E-state index is -3.10. The minimum absolute atomic E-state index is 0.0146. The lowest BCUT2D eigenvalue weighted by molar-refractivity contribution is 0.481. The molecule has 5 heteroatoms. The molecule has 0 aliphatic heterocycles. The lowest BCUT2D eigenvalue weighted by Gasteiger charge is -2.14. The highest BCUT2D eigenvalue weighted by Gasteiger charge is 2.16. The fraction of sp³-hybridized carbons (Fsp3) is 0.385. The van der Waals surface area contributed by atoms with E-state index in [1.54, 1.807) is 18.2 Å². The van der Waals surface area contributed by atoms with E-state index in [1.807, 2.05) is 24.5 Å². The van der Waals surface area contributed by atoms with Gasteiger partial charge in [-0.15, -0.1) is 0 Å². The van der Waals surface area contributed by atoms with Gasteiger partial charge in [-0.2, -0.15) is 0 Å². The average Bonchev–Trinajstić information content (AvgIpc) is 2.54. The van der Waals surface area contributed by atoms with Crippen LogP contribution in [-0.2, 0) is 15.6 Å². The summed E-state index contributed by atoms with van der Waals surface area (Å²) in [7, 11) is -3.10. The topological polar surface area (TPSA) is 59.3 Å². The van der Waals surface area contributed by atoms with Gasteiger partial charge in [0.1, 0.15) is 5.75 Å². The first kappa shape index (κ1) is 13.0. The van der Waals surface area contributed by atoms with Crippen molar-refractivity contribution in [2.45, 2.75) is 25.6 Å². The van der Waals surface area contributed by atoms with Crippen LogP contribution >= 0.6 is 0 Å². The smallest absolute Gasteiger partial charge is 0.153 e. The summed E-state index contributed by atoms with van der Waals surface area (Å²) < 4.78 is 24.9. The second-order valence-electron chi connectivity index (χ2n) is 4.88. The molecule has 2 rings (SSSR count). The predicted molar refractivity (Wildman–Crippen MR) is 72.5 cm³/mol. The number of phenolic OH excluding ortho intramolecular Hbond substituents is 1. The monoisotopic (exact) mass is 267 g/mol. The van der Waals surface area contributed by atoms with Crippen molar-refractivity contribution in [2.24, 2.45) is 0 Å². The Morgan fingerprint density at radius 2 is 2.00 bits per heavy atom. The van der Waals surface area contributed by atoms with E-state index in [0.717, 1.165) is 5.52 Å². The molecule has 0 atom stereocenters. The van der Waals surface area contributed by atoms with Crippen LogP contribution in [0.5, 0.6) is 5.75 Å². The van der Waals surface area contributed by atoms with E-state index in [-0.39, 0.29) is 17.5 Å². The molecule has 0 bridgehead atoms. The van der Waals surface area contributed by atoms with Crippen molar-refractivity contribution in [3.63, 3.8) is 0 Å². The summed E-state index contributed by atoms with van der Waals surface area (Å²) in [5, 5.41) is 10.5. The average molecular weight is 267 g/mol. The summed E-state index contributed by atoms with van der Waals surface area (Å²) in [6.07, 6.45) is 1.22. The number of benzene rings is 1. The number of hydrogen-bond donors (Lipinski definition) is 1. The van der Waals surface area contributed by atoms with Gasteiger partial charge in [-0.3, -0.25) is 0 Å². The quantitative estimate of drug-likeness (QED) is 0.929. The molecular formula is C13H17NO3S. The molecule has 1 N–H and O–H groups in total. The van der Waals surface area contributed by atoms with Gasteiger partial charge >= 0.3 is 0 Å². The SMILES string of the molecule is CC(C)n1c(CS(C)(=O)=O)cc2c(O)cccc21. The molecule has 0 aliphatic carbocycles. The molecular weight excluding hydrogens is 250 g/mol. The lowest BCUT2D eigenvalue weighted by atomic mass is 10.2. The van der Waals surface area contributed by atoms with Crippen molar-refractivity contribution >= 4 is 20.7 Å². The van der Waals surface area contributed by atoms with Gasteiger partial charge < -0.3 is 9.67 Å². The fourth-order valence-corrected chi connectivity index (χ4v) is 3.04. The highest BCUT2D eigenvalue weighted by atomic mass is 32.2. The highest BCUT2D eigenvalue weighted by molar-refractivity contribution is 7.89. The van der Waals surface area contributed by atoms with E-state index >= 15 is 0 Å². The van der Waals surface area contributed by atoms with Crippen LogP contribution in [-0.4, -0.2) is 24.3 Å². The number of aromatic hydroxyl groups is 1. The van der Waals surface area contributed by atoms with Crippen LogP contribution in [0.4, 0.5) is 0 Å². The van der Waals surface area contributed by atoms with Crippen LogP contribution in [0.3, 0.4) is 0 Å². The molecule has 0 amide bonds. The maximum atomic E-state index is 11.5. The molecule has 2 aromatic rings. The number of phenols is 1. The number of aromatic nitrogens is 1. The third-order valence-corrected chi connectivity index (χ3v) is 3.69. The molecule has 1 aromatic carbocycles. The van der Waals surface area contributed by atoms with Crippen molar-refractivity contribution in [2.75, 3.05) is 6.26 Å². The zero-order chi connectivity index (χ0) is 13.5. The molecule has 1 heterocycles.